The van der Waals surface area contributed by atoms with Gasteiger partial charge in [-0.05, 0) is 44.7 Å². The number of nitrogens with zero attached hydrogens (tertiary/aromatic N) is 1. The van der Waals surface area contributed by atoms with E-state index >= 15 is 0 Å². The van der Waals surface area contributed by atoms with E-state index in [4.69, 9.17) is 0 Å². The lowest BCUT2D eigenvalue weighted by Crippen LogP contribution is -2.35. The molecule has 0 aromatic heterocycles. The summed E-state index contributed by atoms with van der Waals surface area (Å²) in [6.07, 6.45) is 8.38. The van der Waals surface area contributed by atoms with Crippen LogP contribution in [-0.2, 0) is 0 Å². The Balaban J connectivity index is 2.05. The first kappa shape index (κ1) is 12.5. The third-order valence-electron chi connectivity index (χ3n) is 3.29. The van der Waals surface area contributed by atoms with Crippen LogP contribution in [0.3, 0.4) is 0 Å². The van der Waals surface area contributed by atoms with Crippen LogP contribution in [0.15, 0.2) is 0 Å². The minimum absolute atomic E-state index is 0.986. The van der Waals surface area contributed by atoms with E-state index in [0.717, 1.165) is 5.92 Å². The molecule has 2 heteroatoms. The molecule has 1 unspecified atom stereocenters. The molecule has 0 bridgehead atoms. The van der Waals surface area contributed by atoms with Crippen LogP contribution >= 0.6 is 15.9 Å². The fraction of sp³-hybridized carbons (Fsp3) is 1.00. The number of hydrogen-bond acceptors (Lipinski definition) is 1. The number of piperidine rings is 1. The molecular formula is C12H24BrN. The molecule has 0 N–H and O–H groups in total. The van der Waals surface area contributed by atoms with Crippen molar-refractivity contribution in [3.8, 4) is 0 Å². The highest BCUT2D eigenvalue weighted by molar-refractivity contribution is 9.09. The monoisotopic (exact) mass is 261 g/mol. The van der Waals surface area contributed by atoms with Gasteiger partial charge in [-0.2, -0.15) is 0 Å². The molecule has 0 aromatic carbocycles. The number of rotatable bonds is 6. The van der Waals surface area contributed by atoms with Gasteiger partial charge in [-0.3, -0.25) is 0 Å². The fourth-order valence-electron chi connectivity index (χ4n) is 2.29. The average Bonchev–Trinajstić information content (AvgIpc) is 2.25. The number of alkyl halides is 1. The fourth-order valence-corrected chi connectivity index (χ4v) is 2.69. The summed E-state index contributed by atoms with van der Waals surface area (Å²) in [4.78, 5) is 2.67. The molecule has 0 spiro atoms. The molecule has 0 aromatic rings. The highest BCUT2D eigenvalue weighted by Crippen LogP contribution is 2.19. The van der Waals surface area contributed by atoms with Gasteiger partial charge in [0.1, 0.15) is 0 Å². The predicted octanol–water partition coefficient (Wildman–Crippen LogP) is 3.67. The van der Waals surface area contributed by atoms with Crippen molar-refractivity contribution >= 4 is 15.9 Å². The van der Waals surface area contributed by atoms with Gasteiger partial charge in [0.2, 0.25) is 0 Å². The first-order chi connectivity index (χ1) is 6.86. The summed E-state index contributed by atoms with van der Waals surface area (Å²) in [5.41, 5.74) is 0. The normalized spacial score (nSPS) is 24.0. The highest BCUT2D eigenvalue weighted by atomic mass is 79.9. The minimum Gasteiger partial charge on any atom is -0.303 e. The number of halogens is 1. The zero-order valence-corrected chi connectivity index (χ0v) is 11.1. The van der Waals surface area contributed by atoms with Gasteiger partial charge in [-0.25, -0.2) is 0 Å². The van der Waals surface area contributed by atoms with Crippen LogP contribution in [0.1, 0.15) is 45.4 Å². The van der Waals surface area contributed by atoms with Crippen LogP contribution in [0.4, 0.5) is 0 Å². The molecule has 1 nitrogen and oxygen atoms in total. The molecule has 0 radical (unpaired) electrons. The van der Waals surface area contributed by atoms with Crippen molar-refractivity contribution in [2.75, 3.05) is 25.0 Å². The van der Waals surface area contributed by atoms with Crippen molar-refractivity contribution in [1.82, 2.24) is 4.90 Å². The molecule has 14 heavy (non-hydrogen) atoms. The minimum atomic E-state index is 0.986. The maximum absolute atomic E-state index is 3.48. The summed E-state index contributed by atoms with van der Waals surface area (Å²) in [6.45, 7) is 6.39. The lowest BCUT2D eigenvalue weighted by atomic mass is 9.95. The van der Waals surface area contributed by atoms with E-state index in [2.05, 4.69) is 27.8 Å². The number of likely N-dealkylation sites (tertiary alicyclic amines) is 1. The largest absolute Gasteiger partial charge is 0.303 e. The smallest absolute Gasteiger partial charge is 0.00313 e. The van der Waals surface area contributed by atoms with Crippen LogP contribution in [-0.4, -0.2) is 29.9 Å². The highest BCUT2D eigenvalue weighted by Gasteiger charge is 2.17. The molecule has 84 valence electrons. The van der Waals surface area contributed by atoms with Gasteiger partial charge >= 0.3 is 0 Å². The van der Waals surface area contributed by atoms with Crippen molar-refractivity contribution in [2.45, 2.75) is 45.4 Å². The summed E-state index contributed by atoms with van der Waals surface area (Å²) in [7, 11) is 0. The van der Waals surface area contributed by atoms with Crippen molar-refractivity contribution in [3.05, 3.63) is 0 Å². The Bertz CT molecular complexity index is 138. The van der Waals surface area contributed by atoms with E-state index in [-0.39, 0.29) is 0 Å². The molecule has 0 amide bonds. The summed E-state index contributed by atoms with van der Waals surface area (Å²) >= 11 is 3.48. The number of unbranched alkanes of at least 4 members (excludes halogenated alkanes) is 2. The molecule has 0 aliphatic carbocycles. The van der Waals surface area contributed by atoms with Gasteiger partial charge in [-0.15, -0.1) is 0 Å². The lowest BCUT2D eigenvalue weighted by Gasteiger charge is -2.32. The molecule has 1 fully saturated rings. The number of hydrogen-bond donors (Lipinski definition) is 0. The van der Waals surface area contributed by atoms with Crippen LogP contribution in [0.2, 0.25) is 0 Å². The molecule has 1 atom stereocenters. The molecular weight excluding hydrogens is 238 g/mol. The zero-order valence-electron chi connectivity index (χ0n) is 9.47. The lowest BCUT2D eigenvalue weighted by molar-refractivity contribution is 0.169. The second kappa shape index (κ2) is 7.70. The second-order valence-electron chi connectivity index (χ2n) is 4.47. The Hall–Kier alpha value is 0.440. The van der Waals surface area contributed by atoms with Crippen molar-refractivity contribution in [3.63, 3.8) is 0 Å². The summed E-state index contributed by atoms with van der Waals surface area (Å²) < 4.78 is 0. The third-order valence-corrected chi connectivity index (χ3v) is 3.85. The van der Waals surface area contributed by atoms with Gasteiger partial charge in [0, 0.05) is 11.9 Å². The van der Waals surface area contributed by atoms with E-state index in [1.807, 2.05) is 0 Å². The Kier molecular flexibility index (Phi) is 6.88. The van der Waals surface area contributed by atoms with Crippen LogP contribution in [0.25, 0.3) is 0 Å². The zero-order chi connectivity index (χ0) is 10.2. The Morgan fingerprint density at radius 2 is 2.14 bits per heavy atom. The second-order valence-corrected chi connectivity index (χ2v) is 5.26. The van der Waals surface area contributed by atoms with E-state index in [1.54, 1.807) is 0 Å². The van der Waals surface area contributed by atoms with Crippen molar-refractivity contribution in [2.24, 2.45) is 5.92 Å². The summed E-state index contributed by atoms with van der Waals surface area (Å²) in [6, 6.07) is 0. The first-order valence-corrected chi connectivity index (χ1v) is 7.27. The van der Waals surface area contributed by atoms with Crippen molar-refractivity contribution in [1.29, 1.82) is 0 Å². The van der Waals surface area contributed by atoms with Gasteiger partial charge in [-0.1, -0.05) is 35.7 Å². The van der Waals surface area contributed by atoms with E-state index < -0.39 is 0 Å². The van der Waals surface area contributed by atoms with Gasteiger partial charge < -0.3 is 4.90 Å². The third kappa shape index (κ3) is 4.79. The van der Waals surface area contributed by atoms with Crippen LogP contribution < -0.4 is 0 Å². The van der Waals surface area contributed by atoms with E-state index in [9.17, 15) is 0 Å². The van der Waals surface area contributed by atoms with Crippen LogP contribution in [0, 0.1) is 5.92 Å². The van der Waals surface area contributed by atoms with Gasteiger partial charge in [0.05, 0.1) is 0 Å². The summed E-state index contributed by atoms with van der Waals surface area (Å²) in [5.74, 6) is 0.986. The molecule has 1 heterocycles. The topological polar surface area (TPSA) is 3.24 Å². The quantitative estimate of drug-likeness (QED) is 0.521. The molecule has 1 aliphatic heterocycles. The van der Waals surface area contributed by atoms with E-state index in [1.165, 1.54) is 63.5 Å². The molecule has 0 saturated carbocycles. The SMILES string of the molecule is CCC1CCCN(CCCCCBr)C1. The average molecular weight is 262 g/mol. The van der Waals surface area contributed by atoms with E-state index in [0.29, 0.717) is 0 Å². The van der Waals surface area contributed by atoms with Gasteiger partial charge in [0.25, 0.3) is 0 Å². The van der Waals surface area contributed by atoms with Crippen LogP contribution in [0.5, 0.6) is 0 Å². The van der Waals surface area contributed by atoms with Gasteiger partial charge in [0.15, 0.2) is 0 Å². The Labute approximate surface area is 97.4 Å². The molecule has 1 rings (SSSR count). The predicted molar refractivity (Wildman–Crippen MR) is 67.1 cm³/mol. The van der Waals surface area contributed by atoms with Crippen molar-refractivity contribution < 1.29 is 0 Å². The Morgan fingerprint density at radius 3 is 2.86 bits per heavy atom. The maximum atomic E-state index is 3.48. The Morgan fingerprint density at radius 1 is 1.29 bits per heavy atom. The standard InChI is InChI=1S/C12H24BrN/c1-2-12-7-6-10-14(11-12)9-5-3-4-8-13/h12H,2-11H2,1H3. The maximum Gasteiger partial charge on any atom is 0.00313 e. The molecule has 1 saturated heterocycles. The summed E-state index contributed by atoms with van der Waals surface area (Å²) in [5, 5.41) is 1.17. The molecule has 1 aliphatic rings. The first-order valence-electron chi connectivity index (χ1n) is 6.15.